The molecule has 15 fully saturated rings. The molecule has 27 nitrogen and oxygen atoms in total. The first-order valence-corrected chi connectivity index (χ1v) is 50.2. The number of ether oxygens (including phenoxy) is 20. The second-order valence-corrected chi connectivity index (χ2v) is 44.1. The van der Waals surface area contributed by atoms with Crippen LogP contribution in [0.3, 0.4) is 0 Å². The third-order valence-corrected chi connectivity index (χ3v) is 39.4. The summed E-state index contributed by atoms with van der Waals surface area (Å²) in [5, 5.41) is 24.4. The van der Waals surface area contributed by atoms with Gasteiger partial charge in [-0.2, -0.15) is 0 Å². The zero-order valence-electron chi connectivity index (χ0n) is 79.3. The molecule has 10 bridgehead atoms. The normalized spacial score (nSPS) is 43.0. The Morgan fingerprint density at radius 2 is 0.621 bits per heavy atom. The van der Waals surface area contributed by atoms with Crippen LogP contribution in [0.25, 0.3) is 0 Å². The Hall–Kier alpha value is -6.58. The van der Waals surface area contributed by atoms with Gasteiger partial charge in [0, 0.05) is 106 Å². The molecule has 27 heteroatoms. The maximum Gasteiger partial charge on any atom is 0.207 e. The second-order valence-electron chi connectivity index (χ2n) is 44.1. The first-order valence-electron chi connectivity index (χ1n) is 50.2. The zero-order valence-corrected chi connectivity index (χ0v) is 79.3. The Morgan fingerprint density at radius 1 is 0.311 bits per heavy atom. The summed E-state index contributed by atoms with van der Waals surface area (Å²) in [6, 6.07) is 23.2. The van der Waals surface area contributed by atoms with Crippen LogP contribution in [0.15, 0.2) is 60.7 Å². The first-order chi connectivity index (χ1) is 63.9. The Labute approximate surface area is 775 Å². The summed E-state index contributed by atoms with van der Waals surface area (Å²) >= 11 is 0. The molecule has 132 heavy (non-hydrogen) atoms. The predicted molar refractivity (Wildman–Crippen MR) is 482 cm³/mol. The summed E-state index contributed by atoms with van der Waals surface area (Å²) in [6.45, 7) is 16.2. The van der Waals surface area contributed by atoms with Crippen LogP contribution in [0.1, 0.15) is 186 Å². The van der Waals surface area contributed by atoms with Crippen molar-refractivity contribution in [2.75, 3.05) is 150 Å². The molecular formula is C105H135N5O22. The van der Waals surface area contributed by atoms with Gasteiger partial charge in [-0.25, -0.2) is 0 Å². The molecule has 15 aliphatic heterocycles. The van der Waals surface area contributed by atoms with Gasteiger partial charge in [0.1, 0.15) is 0 Å². The fraction of sp³-hybridized carbons (Fsp3) is 0.714. The molecule has 25 aliphatic rings. The van der Waals surface area contributed by atoms with Gasteiger partial charge in [0.2, 0.25) is 28.9 Å². The molecule has 24 atom stereocenters. The molecule has 10 spiro atoms. The fourth-order valence-electron chi connectivity index (χ4n) is 33.9. The van der Waals surface area contributed by atoms with Gasteiger partial charge in [0.05, 0.1) is 122 Å². The highest BCUT2D eigenvalue weighted by Crippen LogP contribution is 2.75. The van der Waals surface area contributed by atoms with Gasteiger partial charge in [-0.3, -0.25) is 0 Å². The van der Waals surface area contributed by atoms with Crippen molar-refractivity contribution in [3.63, 3.8) is 0 Å². The molecule has 9 unspecified atom stereocenters. The number of hydrogen-bond donors (Lipinski definition) is 2. The fourth-order valence-corrected chi connectivity index (χ4v) is 33.9. The van der Waals surface area contributed by atoms with E-state index < -0.39 is 51.0 Å². The van der Waals surface area contributed by atoms with Crippen molar-refractivity contribution in [1.82, 2.24) is 24.5 Å². The van der Waals surface area contributed by atoms with Gasteiger partial charge < -0.3 is 129 Å². The number of likely N-dealkylation sites (N-methyl/N-ethyl adjacent to an activating group) is 5. The molecule has 2 N–H and O–H groups in total. The van der Waals surface area contributed by atoms with E-state index in [1.165, 1.54) is 44.5 Å². The van der Waals surface area contributed by atoms with Crippen LogP contribution in [0.4, 0.5) is 0 Å². The molecule has 5 aromatic rings. The molecule has 30 rings (SSSR count). The highest BCUT2D eigenvalue weighted by atomic mass is 16.8. The number of benzene rings is 5. The maximum absolute atomic E-state index is 12.2. The van der Waals surface area contributed by atoms with Crippen LogP contribution in [0.2, 0.25) is 0 Å². The average molecular weight is 1820 g/mol. The zero-order chi connectivity index (χ0) is 89.9. The summed E-state index contributed by atoms with van der Waals surface area (Å²) in [4.78, 5) is 12.3. The summed E-state index contributed by atoms with van der Waals surface area (Å²) < 4.78 is 125. The lowest BCUT2D eigenvalue weighted by Crippen LogP contribution is -2.79. The van der Waals surface area contributed by atoms with E-state index in [1.807, 2.05) is 19.1 Å². The topological polar surface area (TPSA) is 241 Å². The second kappa shape index (κ2) is 29.7. The number of rotatable bonds is 5. The SMILES string of the molecule is COc1ccc2c3c1O[C@H]1C4(CCC5(O)[C@@H](C2)N(C)CC[C@]315)OCC(C)O4.COc1ccc2c3c1O[C@H]1C4(CCC5(O)[C@@H](C2)N(C)CC[C@]315)OCCCO4.COc1ccc2c3c1O[C@H]1C4(CCC5[C@@H](C2)N(C)CC[C@@]351)OC(C)C(C)O4.COc1ccc2c3c1O[C@H]1C4(CCC5[C@@H](C2)N(C)CC[C@@]351)OCCCO4.COc1ccc2c3c1O[C@H]1C4(CCC5[C@@H](C2)N(C)CC[C@@]351)OCCO4. The Bertz CT molecular complexity index is 5340. The Kier molecular flexibility index (Phi) is 19.3. The number of aliphatic hydroxyl groups is 2. The van der Waals surface area contributed by atoms with Crippen molar-refractivity contribution in [3.8, 4) is 57.5 Å². The summed E-state index contributed by atoms with van der Waals surface area (Å²) in [6.07, 6.45) is 20.0. The predicted octanol–water partition coefficient (Wildman–Crippen LogP) is 10.7. The van der Waals surface area contributed by atoms with Gasteiger partial charge in [0.25, 0.3) is 0 Å². The third kappa shape index (κ3) is 10.8. The third-order valence-electron chi connectivity index (χ3n) is 39.4. The number of nitrogens with zero attached hydrogens (tertiary/aromatic N) is 5. The minimum atomic E-state index is -0.848. The smallest absolute Gasteiger partial charge is 0.207 e. The molecule has 0 aromatic heterocycles. The van der Waals surface area contributed by atoms with Gasteiger partial charge in [-0.05, 0) is 274 Å². The van der Waals surface area contributed by atoms with Crippen molar-refractivity contribution >= 4 is 0 Å². The van der Waals surface area contributed by atoms with Gasteiger partial charge in [-0.15, -0.1) is 0 Å². The molecule has 0 amide bonds. The van der Waals surface area contributed by atoms with Gasteiger partial charge >= 0.3 is 0 Å². The van der Waals surface area contributed by atoms with Crippen LogP contribution in [0.5, 0.6) is 57.5 Å². The van der Waals surface area contributed by atoms with E-state index in [0.717, 1.165) is 230 Å². The largest absolute Gasteiger partial charge is 0.493 e. The number of fused-ring (bicyclic) bond motifs is 5. The van der Waals surface area contributed by atoms with Gasteiger partial charge in [-0.1, -0.05) is 30.3 Å². The van der Waals surface area contributed by atoms with Crippen molar-refractivity contribution in [2.24, 2.45) is 17.8 Å². The van der Waals surface area contributed by atoms with Crippen LogP contribution in [0, 0.1) is 17.8 Å². The van der Waals surface area contributed by atoms with E-state index in [9.17, 15) is 10.2 Å². The Balaban J connectivity index is 0.0000000865. The van der Waals surface area contributed by atoms with Crippen molar-refractivity contribution in [1.29, 1.82) is 0 Å². The van der Waals surface area contributed by atoms with E-state index in [2.05, 4.69) is 122 Å². The lowest BCUT2D eigenvalue weighted by atomic mass is 9.48. The minimum absolute atomic E-state index is 0.00419. The van der Waals surface area contributed by atoms with Crippen molar-refractivity contribution in [3.05, 3.63) is 116 Å². The Morgan fingerprint density at radius 3 is 0.985 bits per heavy atom. The van der Waals surface area contributed by atoms with E-state index in [-0.39, 0.29) is 77.2 Å². The maximum atomic E-state index is 12.2. The van der Waals surface area contributed by atoms with Crippen LogP contribution < -0.4 is 47.4 Å². The van der Waals surface area contributed by atoms with E-state index >= 15 is 0 Å². The van der Waals surface area contributed by atoms with E-state index in [0.29, 0.717) is 94.6 Å². The summed E-state index contributed by atoms with van der Waals surface area (Å²) in [5.74, 6) is 6.93. The molecule has 5 aromatic carbocycles. The summed E-state index contributed by atoms with van der Waals surface area (Å²) in [5.41, 5.74) is 10.6. The number of likely N-dealkylation sites (tertiary alicyclic amines) is 5. The van der Waals surface area contributed by atoms with Gasteiger partial charge in [0.15, 0.2) is 88.0 Å². The molecule has 10 saturated heterocycles. The standard InChI is InChI=1S/C22H29NO4.2C21H27NO5.C21H27NO4.C20H25NO4/c1-12-13(2)27-22(26-12)8-7-15-16-11-14-5-6-17(24-4)19-18(14)21(15,20(22)25-19)9-10-23(16)3;1-12-11-25-21(27-12)7-6-20(23)15-10-13-4-5-14(24-3)17-16(13)19(20,18(21)26-17)8-9-22(15)2;1-22-9-8-19-16-13-4-5-14(24-2)17(16)27-18(19)21(25-10-3-11-26-21)7-6-20(19,23)15(22)12-13;1-22-9-8-20-14-6-7-21(24-10-3-11-25-21)19(20)26-18-16(23-2)5-4-13(17(18)20)12-15(14)22;1-21-8-7-19-13-5-6-20(23-9-10-24-20)18(19)25-17-15(22-2)4-3-12(16(17)19)11-14(13)21/h5-6,12-13,15-16,20H,7-11H2,1-4H3;4-5,12,15,18,23H,6-11H2,1-3H3;4-5,15,18,23H,3,6-12H2,1-2H3;4-5,14-15,19H,3,6-12H2,1-2H3;3-4,13-14,18H,5-11H2,1-2H3/t12?,13?,15?,16-,20-,21+,22?;12?,15-,18-,19+,20?,21?;15-,18-,19+,20?;14?,15-,19-,20+;13?,14-,18-,19+/m11111/s1. The van der Waals surface area contributed by atoms with Crippen molar-refractivity contribution < 1.29 is 105 Å². The van der Waals surface area contributed by atoms with E-state index in [1.54, 1.807) is 35.5 Å². The minimum Gasteiger partial charge on any atom is -0.493 e. The van der Waals surface area contributed by atoms with Crippen LogP contribution in [-0.2, 0) is 107 Å². The number of methoxy groups -OCH3 is 5. The molecule has 10 aliphatic carbocycles. The average Bonchev–Trinajstić information content (AvgIpc) is 1.42. The molecule has 15 heterocycles. The molecule has 5 saturated carbocycles. The lowest BCUT2D eigenvalue weighted by Gasteiger charge is -2.65. The van der Waals surface area contributed by atoms with E-state index in [4.69, 9.17) is 94.7 Å². The van der Waals surface area contributed by atoms with Crippen LogP contribution >= 0.6 is 0 Å². The summed E-state index contributed by atoms with van der Waals surface area (Å²) in [7, 11) is 19.7. The monoisotopic (exact) mass is 1820 g/mol. The molecular weight excluding hydrogens is 1680 g/mol. The lowest BCUT2D eigenvalue weighted by molar-refractivity contribution is -0.350. The molecule has 0 radical (unpaired) electrons. The number of piperidine rings is 5. The van der Waals surface area contributed by atoms with Crippen LogP contribution in [-0.4, -0.2) is 304 Å². The first kappa shape index (κ1) is 85.8. The highest BCUT2D eigenvalue weighted by molar-refractivity contribution is 5.68. The van der Waals surface area contributed by atoms with Crippen molar-refractivity contribution in [2.45, 2.75) is 308 Å². The quantitative estimate of drug-likeness (QED) is 0.166. The number of hydrogen-bond acceptors (Lipinski definition) is 27. The highest BCUT2D eigenvalue weighted by Gasteiger charge is 2.82. The molecule has 712 valence electrons.